The Labute approximate surface area is 147 Å². The van der Waals surface area contributed by atoms with Crippen molar-refractivity contribution >= 4 is 5.91 Å². The first-order chi connectivity index (χ1) is 12.0. The van der Waals surface area contributed by atoms with Gasteiger partial charge in [0.15, 0.2) is 0 Å². The number of amides is 1. The van der Waals surface area contributed by atoms with Crippen molar-refractivity contribution in [2.75, 3.05) is 13.2 Å². The lowest BCUT2D eigenvalue weighted by molar-refractivity contribution is -0.121. The Morgan fingerprint density at radius 1 is 1.24 bits per heavy atom. The van der Waals surface area contributed by atoms with E-state index in [1.807, 2.05) is 31.2 Å². The third-order valence-electron chi connectivity index (χ3n) is 3.89. The molecular formula is C20H24FNO3. The maximum atomic E-state index is 13.7. The third kappa shape index (κ3) is 6.19. The van der Waals surface area contributed by atoms with Gasteiger partial charge in [-0.25, -0.2) is 4.39 Å². The molecule has 25 heavy (non-hydrogen) atoms. The molecule has 2 N–H and O–H groups in total. The van der Waals surface area contributed by atoms with Crippen LogP contribution in [0.25, 0.3) is 0 Å². The highest BCUT2D eigenvalue weighted by Gasteiger charge is 2.15. The molecule has 134 valence electrons. The number of hydrogen-bond donors (Lipinski definition) is 2. The summed E-state index contributed by atoms with van der Waals surface area (Å²) < 4.78 is 19.2. The van der Waals surface area contributed by atoms with Crippen LogP contribution in [0.5, 0.6) is 5.75 Å². The second-order valence-electron chi connectivity index (χ2n) is 6.21. The molecule has 0 spiro atoms. The van der Waals surface area contributed by atoms with E-state index in [4.69, 9.17) is 4.74 Å². The maximum absolute atomic E-state index is 13.7. The van der Waals surface area contributed by atoms with Crippen LogP contribution in [0.15, 0.2) is 48.5 Å². The number of hydrogen-bond acceptors (Lipinski definition) is 3. The predicted molar refractivity (Wildman–Crippen MR) is 95.1 cm³/mol. The van der Waals surface area contributed by atoms with Crippen LogP contribution in [-0.4, -0.2) is 30.3 Å². The summed E-state index contributed by atoms with van der Waals surface area (Å²) >= 11 is 0. The van der Waals surface area contributed by atoms with Crippen LogP contribution in [-0.2, 0) is 4.79 Å². The van der Waals surface area contributed by atoms with Gasteiger partial charge < -0.3 is 15.2 Å². The first kappa shape index (κ1) is 18.9. The molecule has 2 atom stereocenters. The second-order valence-corrected chi connectivity index (χ2v) is 6.21. The lowest BCUT2D eigenvalue weighted by Gasteiger charge is -2.16. The van der Waals surface area contributed by atoms with E-state index in [-0.39, 0.29) is 37.2 Å². The van der Waals surface area contributed by atoms with Gasteiger partial charge in [-0.2, -0.15) is 0 Å². The second kappa shape index (κ2) is 9.18. The molecule has 1 amide bonds. The van der Waals surface area contributed by atoms with Gasteiger partial charge in [0.25, 0.3) is 0 Å². The van der Waals surface area contributed by atoms with Crippen molar-refractivity contribution in [3.05, 3.63) is 65.5 Å². The standard InChI is InChI=1S/C20H24FNO3/c1-14-6-5-7-17(10-14)25-13-16(23)12-22-20(24)11-15(2)18-8-3-4-9-19(18)21/h3-10,15-16,23H,11-13H2,1-2H3,(H,22,24). The number of carbonyl (C=O) groups excluding carboxylic acids is 1. The Kier molecular flexibility index (Phi) is 6.95. The minimum atomic E-state index is -0.812. The van der Waals surface area contributed by atoms with E-state index in [9.17, 15) is 14.3 Å². The average Bonchev–Trinajstić information content (AvgIpc) is 2.58. The first-order valence-corrected chi connectivity index (χ1v) is 8.34. The van der Waals surface area contributed by atoms with E-state index in [0.717, 1.165) is 5.56 Å². The summed E-state index contributed by atoms with van der Waals surface area (Å²) in [6, 6.07) is 14.0. The van der Waals surface area contributed by atoms with E-state index < -0.39 is 6.10 Å². The van der Waals surface area contributed by atoms with Gasteiger partial charge in [-0.15, -0.1) is 0 Å². The van der Waals surface area contributed by atoms with Crippen molar-refractivity contribution in [2.24, 2.45) is 0 Å². The van der Waals surface area contributed by atoms with E-state index in [2.05, 4.69) is 5.32 Å². The molecule has 0 saturated carbocycles. The Morgan fingerprint density at radius 3 is 2.72 bits per heavy atom. The van der Waals surface area contributed by atoms with Gasteiger partial charge >= 0.3 is 0 Å². The van der Waals surface area contributed by atoms with Crippen molar-refractivity contribution in [3.8, 4) is 5.75 Å². The quantitative estimate of drug-likeness (QED) is 0.772. The third-order valence-corrected chi connectivity index (χ3v) is 3.89. The molecule has 5 heteroatoms. The summed E-state index contributed by atoms with van der Waals surface area (Å²) in [5.74, 6) is -0.0970. The number of rotatable bonds is 8. The summed E-state index contributed by atoms with van der Waals surface area (Å²) in [5.41, 5.74) is 1.59. The van der Waals surface area contributed by atoms with Crippen LogP contribution in [0.2, 0.25) is 0 Å². The van der Waals surface area contributed by atoms with E-state index >= 15 is 0 Å². The summed E-state index contributed by atoms with van der Waals surface area (Å²) in [6.07, 6.45) is -0.653. The molecule has 2 aromatic carbocycles. The Morgan fingerprint density at radius 2 is 2.00 bits per heavy atom. The zero-order chi connectivity index (χ0) is 18.2. The predicted octanol–water partition coefficient (Wildman–Crippen LogP) is 3.18. The monoisotopic (exact) mass is 345 g/mol. The Hall–Kier alpha value is -2.40. The van der Waals surface area contributed by atoms with Crippen LogP contribution in [0, 0.1) is 12.7 Å². The molecule has 2 rings (SSSR count). The fraction of sp³-hybridized carbons (Fsp3) is 0.350. The molecule has 0 aromatic heterocycles. The molecule has 0 aliphatic carbocycles. The molecule has 2 unspecified atom stereocenters. The van der Waals surface area contributed by atoms with Crippen molar-refractivity contribution in [1.82, 2.24) is 5.32 Å². The van der Waals surface area contributed by atoms with E-state index in [1.165, 1.54) is 6.07 Å². The highest BCUT2D eigenvalue weighted by molar-refractivity contribution is 5.76. The Balaban J connectivity index is 1.73. The number of nitrogens with one attached hydrogen (secondary N) is 1. The van der Waals surface area contributed by atoms with Gasteiger partial charge in [0.2, 0.25) is 5.91 Å². The fourth-order valence-electron chi connectivity index (χ4n) is 2.52. The van der Waals surface area contributed by atoms with Crippen LogP contribution in [0.4, 0.5) is 4.39 Å². The molecule has 0 fully saturated rings. The van der Waals surface area contributed by atoms with Gasteiger partial charge in [0, 0.05) is 13.0 Å². The molecule has 0 saturated heterocycles. The topological polar surface area (TPSA) is 58.6 Å². The number of aryl methyl sites for hydroxylation is 1. The zero-order valence-electron chi connectivity index (χ0n) is 14.5. The summed E-state index contributed by atoms with van der Waals surface area (Å²) in [5, 5.41) is 12.6. The van der Waals surface area contributed by atoms with Gasteiger partial charge in [0.05, 0.1) is 0 Å². The highest BCUT2D eigenvalue weighted by Crippen LogP contribution is 2.21. The zero-order valence-corrected chi connectivity index (χ0v) is 14.5. The van der Waals surface area contributed by atoms with Crippen LogP contribution < -0.4 is 10.1 Å². The van der Waals surface area contributed by atoms with Crippen molar-refractivity contribution in [1.29, 1.82) is 0 Å². The van der Waals surface area contributed by atoms with Gasteiger partial charge in [-0.3, -0.25) is 4.79 Å². The van der Waals surface area contributed by atoms with Gasteiger partial charge in [-0.05, 0) is 42.2 Å². The van der Waals surface area contributed by atoms with Crippen LogP contribution in [0.1, 0.15) is 30.4 Å². The largest absolute Gasteiger partial charge is 0.491 e. The highest BCUT2D eigenvalue weighted by atomic mass is 19.1. The molecule has 0 aliphatic rings. The maximum Gasteiger partial charge on any atom is 0.220 e. The molecule has 0 bridgehead atoms. The Bertz CT molecular complexity index is 705. The SMILES string of the molecule is Cc1cccc(OCC(O)CNC(=O)CC(C)c2ccccc2F)c1. The van der Waals surface area contributed by atoms with E-state index in [0.29, 0.717) is 11.3 Å². The van der Waals surface area contributed by atoms with Gasteiger partial charge in [0.1, 0.15) is 24.3 Å². The number of ether oxygens (including phenoxy) is 1. The van der Waals surface area contributed by atoms with Gasteiger partial charge in [-0.1, -0.05) is 37.3 Å². The molecule has 4 nitrogen and oxygen atoms in total. The first-order valence-electron chi connectivity index (χ1n) is 8.34. The summed E-state index contributed by atoms with van der Waals surface area (Å²) in [7, 11) is 0. The molecular weight excluding hydrogens is 321 g/mol. The molecule has 2 aromatic rings. The minimum Gasteiger partial charge on any atom is -0.491 e. The molecule has 0 aliphatic heterocycles. The summed E-state index contributed by atoms with van der Waals surface area (Å²) in [6.45, 7) is 3.94. The number of aliphatic hydroxyl groups excluding tert-OH is 1. The molecule has 0 radical (unpaired) electrons. The van der Waals surface area contributed by atoms with Crippen molar-refractivity contribution in [3.63, 3.8) is 0 Å². The lowest BCUT2D eigenvalue weighted by Crippen LogP contribution is -2.35. The fourth-order valence-corrected chi connectivity index (χ4v) is 2.52. The average molecular weight is 345 g/mol. The normalized spacial score (nSPS) is 13.1. The number of halogens is 1. The minimum absolute atomic E-state index is 0.0899. The summed E-state index contributed by atoms with van der Waals surface area (Å²) in [4.78, 5) is 12.0. The number of aliphatic hydroxyl groups is 1. The molecule has 0 heterocycles. The van der Waals surface area contributed by atoms with Crippen LogP contribution in [0.3, 0.4) is 0 Å². The number of carbonyl (C=O) groups is 1. The lowest BCUT2D eigenvalue weighted by atomic mass is 9.97. The van der Waals surface area contributed by atoms with E-state index in [1.54, 1.807) is 25.1 Å². The van der Waals surface area contributed by atoms with Crippen molar-refractivity contribution in [2.45, 2.75) is 32.3 Å². The van der Waals surface area contributed by atoms with Crippen LogP contribution >= 0.6 is 0 Å². The smallest absolute Gasteiger partial charge is 0.220 e. The number of benzene rings is 2. The van der Waals surface area contributed by atoms with Crippen molar-refractivity contribution < 1.29 is 19.0 Å².